The fraction of sp³-hybridized carbons (Fsp3) is 0.857. The molecule has 40 heavy (non-hydrogen) atoms. The molecule has 0 aliphatic carbocycles. The molecule has 2 N–H and O–H groups in total. The van der Waals surface area contributed by atoms with E-state index in [2.05, 4.69) is 11.9 Å². The molecule has 1 aliphatic rings. The first kappa shape index (κ1) is 34.9. The van der Waals surface area contributed by atoms with Crippen LogP contribution in [0.4, 0.5) is 0 Å². The number of phosphoric acid groups is 1. The Hall–Kier alpha value is -1.33. The number of nitrogens with one attached hydrogen (secondary N) is 1. The van der Waals surface area contributed by atoms with E-state index >= 15 is 0 Å². The van der Waals surface area contributed by atoms with E-state index in [0.717, 1.165) is 12.8 Å². The SMILES string of the molecule is CCCCCCCCCCCCCCCCOCCCOP(=O)(O)OC[C@@H]1OC[C@H](n2cc(C)c(=O)[nH]c2=O)O1. The molecule has 0 saturated carbocycles. The van der Waals surface area contributed by atoms with Crippen LogP contribution in [0.3, 0.4) is 0 Å². The molecule has 0 aromatic carbocycles. The molecule has 1 aromatic rings. The van der Waals surface area contributed by atoms with Gasteiger partial charge in [-0.25, -0.2) is 9.36 Å². The van der Waals surface area contributed by atoms with Gasteiger partial charge in [0.25, 0.3) is 5.56 Å². The summed E-state index contributed by atoms with van der Waals surface area (Å²) in [4.78, 5) is 35.6. The molecule has 3 atom stereocenters. The van der Waals surface area contributed by atoms with Crippen molar-refractivity contribution in [3.05, 3.63) is 32.6 Å². The quantitative estimate of drug-likeness (QED) is 0.114. The third-order valence-electron chi connectivity index (χ3n) is 6.89. The van der Waals surface area contributed by atoms with Gasteiger partial charge in [-0.15, -0.1) is 0 Å². The number of aromatic amines is 1. The molecule has 0 bridgehead atoms. The molecular formula is C28H51N2O9P. The van der Waals surface area contributed by atoms with E-state index in [1.54, 1.807) is 6.92 Å². The Bertz CT molecular complexity index is 968. The first-order valence-electron chi connectivity index (χ1n) is 15.1. The first-order chi connectivity index (χ1) is 19.3. The number of H-pyrrole nitrogens is 1. The summed E-state index contributed by atoms with van der Waals surface area (Å²) in [5, 5.41) is 0. The first-order valence-corrected chi connectivity index (χ1v) is 16.6. The normalized spacial score (nSPS) is 18.8. The number of phosphoric ester groups is 1. The lowest BCUT2D eigenvalue weighted by Crippen LogP contribution is -2.34. The van der Waals surface area contributed by atoms with Gasteiger partial charge in [0.15, 0.2) is 12.5 Å². The second kappa shape index (κ2) is 20.5. The highest BCUT2D eigenvalue weighted by molar-refractivity contribution is 7.47. The lowest BCUT2D eigenvalue weighted by atomic mass is 10.0. The number of hydrogen-bond donors (Lipinski definition) is 2. The van der Waals surface area contributed by atoms with Crippen LogP contribution in [0, 0.1) is 6.92 Å². The summed E-state index contributed by atoms with van der Waals surface area (Å²) < 4.78 is 39.8. The van der Waals surface area contributed by atoms with Crippen molar-refractivity contribution >= 4 is 7.82 Å². The summed E-state index contributed by atoms with van der Waals surface area (Å²) in [6.07, 6.45) is 18.5. The Morgan fingerprint density at radius 1 is 0.900 bits per heavy atom. The van der Waals surface area contributed by atoms with E-state index in [0.29, 0.717) is 25.2 Å². The van der Waals surface area contributed by atoms with E-state index in [9.17, 15) is 19.0 Å². The minimum Gasteiger partial charge on any atom is -0.381 e. The summed E-state index contributed by atoms with van der Waals surface area (Å²) in [6, 6.07) is 0. The predicted octanol–water partition coefficient (Wildman–Crippen LogP) is 5.74. The van der Waals surface area contributed by atoms with Crippen LogP contribution in [-0.2, 0) is 27.8 Å². The number of aryl methyl sites for hydroxylation is 1. The van der Waals surface area contributed by atoms with Crippen LogP contribution in [0.25, 0.3) is 0 Å². The maximum Gasteiger partial charge on any atom is 0.472 e. The van der Waals surface area contributed by atoms with Crippen LogP contribution in [0.1, 0.15) is 115 Å². The summed E-state index contributed by atoms with van der Waals surface area (Å²) >= 11 is 0. The highest BCUT2D eigenvalue weighted by Gasteiger charge is 2.31. The van der Waals surface area contributed by atoms with Gasteiger partial charge in [0.05, 0.1) is 13.2 Å². The van der Waals surface area contributed by atoms with E-state index in [-0.39, 0.29) is 19.8 Å². The molecule has 0 amide bonds. The van der Waals surface area contributed by atoms with Gasteiger partial charge in [-0.1, -0.05) is 90.4 Å². The number of hydrogen-bond acceptors (Lipinski definition) is 8. The topological polar surface area (TPSA) is 138 Å². The third-order valence-corrected chi connectivity index (χ3v) is 7.88. The average Bonchev–Trinajstić information content (AvgIpc) is 3.40. The lowest BCUT2D eigenvalue weighted by molar-refractivity contribution is -0.0985. The van der Waals surface area contributed by atoms with Crippen LogP contribution in [0.15, 0.2) is 15.8 Å². The zero-order valence-electron chi connectivity index (χ0n) is 24.5. The van der Waals surface area contributed by atoms with Gasteiger partial charge in [0, 0.05) is 25.0 Å². The summed E-state index contributed by atoms with van der Waals surface area (Å²) in [5.41, 5.74) is -0.758. The van der Waals surface area contributed by atoms with Crippen molar-refractivity contribution in [3.63, 3.8) is 0 Å². The van der Waals surface area contributed by atoms with Crippen LogP contribution in [-0.4, -0.2) is 53.8 Å². The average molecular weight is 591 g/mol. The van der Waals surface area contributed by atoms with Crippen molar-refractivity contribution in [2.75, 3.05) is 33.0 Å². The Morgan fingerprint density at radius 2 is 1.48 bits per heavy atom. The maximum atomic E-state index is 12.1. The van der Waals surface area contributed by atoms with Gasteiger partial charge in [-0.3, -0.25) is 23.4 Å². The van der Waals surface area contributed by atoms with Gasteiger partial charge in [-0.05, 0) is 19.8 Å². The third kappa shape index (κ3) is 15.1. The summed E-state index contributed by atoms with van der Waals surface area (Å²) in [6.45, 7) is 4.64. The second-order valence-electron chi connectivity index (χ2n) is 10.5. The number of aromatic nitrogens is 2. The maximum absolute atomic E-state index is 12.1. The molecular weight excluding hydrogens is 539 g/mol. The minimum atomic E-state index is -4.28. The van der Waals surface area contributed by atoms with Crippen molar-refractivity contribution < 1.29 is 32.7 Å². The monoisotopic (exact) mass is 590 g/mol. The van der Waals surface area contributed by atoms with E-state index < -0.39 is 31.6 Å². The zero-order chi connectivity index (χ0) is 29.1. The minimum absolute atomic E-state index is 0.0205. The molecule has 1 unspecified atom stereocenters. The fourth-order valence-corrected chi connectivity index (χ4v) is 5.26. The van der Waals surface area contributed by atoms with Crippen molar-refractivity contribution in [1.82, 2.24) is 9.55 Å². The molecule has 12 heteroatoms. The molecule has 0 spiro atoms. The molecule has 11 nitrogen and oxygen atoms in total. The molecule has 1 fully saturated rings. The fourth-order valence-electron chi connectivity index (χ4n) is 4.51. The smallest absolute Gasteiger partial charge is 0.381 e. The Balaban J connectivity index is 1.39. The van der Waals surface area contributed by atoms with Crippen molar-refractivity contribution in [2.45, 2.75) is 123 Å². The van der Waals surface area contributed by atoms with E-state index in [1.165, 1.54) is 87.8 Å². The highest BCUT2D eigenvalue weighted by Crippen LogP contribution is 2.43. The lowest BCUT2D eigenvalue weighted by Gasteiger charge is -2.16. The molecule has 1 saturated heterocycles. The predicted molar refractivity (Wildman–Crippen MR) is 153 cm³/mol. The van der Waals surface area contributed by atoms with Crippen LogP contribution < -0.4 is 11.2 Å². The van der Waals surface area contributed by atoms with Gasteiger partial charge >= 0.3 is 13.5 Å². The molecule has 2 rings (SSSR count). The number of unbranched alkanes of at least 4 members (excludes halogenated alkanes) is 13. The highest BCUT2D eigenvalue weighted by atomic mass is 31.2. The Labute approximate surface area is 238 Å². The van der Waals surface area contributed by atoms with Crippen molar-refractivity contribution in [1.29, 1.82) is 0 Å². The molecule has 2 heterocycles. The zero-order valence-corrected chi connectivity index (χ0v) is 25.4. The van der Waals surface area contributed by atoms with Gasteiger partial charge in [0.1, 0.15) is 6.61 Å². The largest absolute Gasteiger partial charge is 0.472 e. The van der Waals surface area contributed by atoms with Gasteiger partial charge in [0.2, 0.25) is 0 Å². The van der Waals surface area contributed by atoms with Crippen molar-refractivity contribution in [3.8, 4) is 0 Å². The van der Waals surface area contributed by atoms with E-state index in [1.807, 2.05) is 0 Å². The number of nitrogens with zero attached hydrogens (tertiary/aromatic N) is 1. The van der Waals surface area contributed by atoms with Crippen molar-refractivity contribution in [2.24, 2.45) is 0 Å². The summed E-state index contributed by atoms with van der Waals surface area (Å²) in [7, 11) is -4.28. The Kier molecular flexibility index (Phi) is 17.9. The number of ether oxygens (including phenoxy) is 3. The van der Waals surface area contributed by atoms with Crippen LogP contribution in [0.2, 0.25) is 0 Å². The molecule has 232 valence electrons. The Morgan fingerprint density at radius 3 is 2.10 bits per heavy atom. The van der Waals surface area contributed by atoms with Crippen LogP contribution in [0.5, 0.6) is 0 Å². The molecule has 0 radical (unpaired) electrons. The molecule has 1 aliphatic heterocycles. The molecule has 1 aromatic heterocycles. The van der Waals surface area contributed by atoms with Crippen LogP contribution >= 0.6 is 7.82 Å². The summed E-state index contributed by atoms with van der Waals surface area (Å²) in [5.74, 6) is 0. The second-order valence-corrected chi connectivity index (χ2v) is 11.9. The van der Waals surface area contributed by atoms with Gasteiger partial charge in [-0.2, -0.15) is 0 Å². The number of rotatable bonds is 24. The van der Waals surface area contributed by atoms with E-state index in [4.69, 9.17) is 23.3 Å². The van der Waals surface area contributed by atoms with Gasteiger partial charge < -0.3 is 19.1 Å². The standard InChI is InChI=1S/C28H51N2O9P/c1-3-4-5-6-7-8-9-10-11-12-13-14-15-16-18-35-19-17-20-37-40(33,34)38-23-26-36-22-25(39-26)30-21-24(2)27(31)29-28(30)32/h21,25-26H,3-20,22-23H2,1-2H3,(H,33,34)(H,29,31,32)/t25-,26-/m1/s1.